The monoisotopic (exact) mass is 380 g/mol. The van der Waals surface area contributed by atoms with Crippen molar-refractivity contribution in [2.75, 3.05) is 18.0 Å². The fraction of sp³-hybridized carbons (Fsp3) is 0.737. The summed E-state index contributed by atoms with van der Waals surface area (Å²) in [6.07, 6.45) is 6.49. The Morgan fingerprint density at radius 1 is 1.15 bits per heavy atom. The van der Waals surface area contributed by atoms with Crippen LogP contribution in [-0.2, 0) is 4.74 Å². The number of amides is 1. The Morgan fingerprint density at radius 2 is 1.88 bits per heavy atom. The van der Waals surface area contributed by atoms with Crippen molar-refractivity contribution in [3.05, 3.63) is 17.3 Å². The third kappa shape index (κ3) is 4.78. The molecule has 1 saturated heterocycles. The molecule has 3 rings (SSSR count). The minimum Gasteiger partial charge on any atom is -0.444 e. The zero-order chi connectivity index (χ0) is 18.7. The number of carbonyl (C=O) groups is 1. The van der Waals surface area contributed by atoms with Crippen LogP contribution in [0.3, 0.4) is 0 Å². The molecule has 1 saturated carbocycles. The molecule has 7 heteroatoms. The average molecular weight is 381 g/mol. The van der Waals surface area contributed by atoms with E-state index in [-0.39, 0.29) is 18.2 Å². The molecule has 6 nitrogen and oxygen atoms in total. The highest BCUT2D eigenvalue weighted by molar-refractivity contribution is 6.29. The topological polar surface area (TPSA) is 58.6 Å². The average Bonchev–Trinajstić information content (AvgIpc) is 3.04. The number of nitrogens with zero attached hydrogens (tertiary/aromatic N) is 4. The van der Waals surface area contributed by atoms with Crippen molar-refractivity contribution in [3.63, 3.8) is 0 Å². The molecule has 0 bridgehead atoms. The van der Waals surface area contributed by atoms with Crippen molar-refractivity contribution in [1.82, 2.24) is 15.1 Å². The van der Waals surface area contributed by atoms with Gasteiger partial charge < -0.3 is 14.5 Å². The van der Waals surface area contributed by atoms with E-state index in [1.165, 1.54) is 19.3 Å². The van der Waals surface area contributed by atoms with Gasteiger partial charge in [-0.2, -0.15) is 0 Å². The number of hydrogen-bond acceptors (Lipinski definition) is 5. The second kappa shape index (κ2) is 7.99. The highest BCUT2D eigenvalue weighted by atomic mass is 35.5. The molecule has 0 N–H and O–H groups in total. The first kappa shape index (κ1) is 19.2. The van der Waals surface area contributed by atoms with Crippen molar-refractivity contribution in [1.29, 1.82) is 0 Å². The Labute approximate surface area is 160 Å². The molecule has 1 aliphatic heterocycles. The number of rotatable bonds is 3. The van der Waals surface area contributed by atoms with Crippen molar-refractivity contribution in [2.45, 2.75) is 77.0 Å². The number of halogens is 1. The van der Waals surface area contributed by atoms with Crippen LogP contribution in [-0.4, -0.2) is 52.0 Å². The Morgan fingerprint density at radius 3 is 2.50 bits per heavy atom. The number of anilines is 1. The van der Waals surface area contributed by atoms with Crippen LogP contribution in [0.1, 0.15) is 59.3 Å². The molecule has 1 aromatic rings. The maximum absolute atomic E-state index is 13.0. The maximum Gasteiger partial charge on any atom is 0.410 e. The molecule has 1 amide bonds. The van der Waals surface area contributed by atoms with E-state index in [0.717, 1.165) is 38.2 Å². The van der Waals surface area contributed by atoms with Crippen LogP contribution in [0.25, 0.3) is 0 Å². The predicted molar refractivity (Wildman–Crippen MR) is 103 cm³/mol. The molecule has 1 unspecified atom stereocenters. The smallest absolute Gasteiger partial charge is 0.410 e. The van der Waals surface area contributed by atoms with E-state index in [9.17, 15) is 4.79 Å². The second-order valence-corrected chi connectivity index (χ2v) is 8.67. The Hall–Kier alpha value is -1.56. The van der Waals surface area contributed by atoms with Gasteiger partial charge in [0.15, 0.2) is 11.0 Å². The van der Waals surface area contributed by atoms with Crippen molar-refractivity contribution in [2.24, 2.45) is 0 Å². The molecule has 0 spiro atoms. The van der Waals surface area contributed by atoms with Gasteiger partial charge in [-0.25, -0.2) is 4.79 Å². The molecule has 1 atom stereocenters. The van der Waals surface area contributed by atoms with E-state index in [4.69, 9.17) is 16.3 Å². The first-order chi connectivity index (χ1) is 12.3. The molecule has 1 aliphatic carbocycles. The van der Waals surface area contributed by atoms with Gasteiger partial charge >= 0.3 is 6.09 Å². The van der Waals surface area contributed by atoms with Gasteiger partial charge in [-0.15, -0.1) is 10.2 Å². The maximum atomic E-state index is 13.0. The van der Waals surface area contributed by atoms with E-state index in [1.54, 1.807) is 6.07 Å². The van der Waals surface area contributed by atoms with Gasteiger partial charge in [-0.1, -0.05) is 30.9 Å². The van der Waals surface area contributed by atoms with Gasteiger partial charge in [0.1, 0.15) is 5.60 Å². The van der Waals surface area contributed by atoms with Crippen LogP contribution >= 0.6 is 11.6 Å². The first-order valence-electron chi connectivity index (χ1n) is 9.59. The van der Waals surface area contributed by atoms with Crippen LogP contribution in [0.4, 0.5) is 10.6 Å². The van der Waals surface area contributed by atoms with Gasteiger partial charge in [0, 0.05) is 19.1 Å². The van der Waals surface area contributed by atoms with Gasteiger partial charge in [0.25, 0.3) is 0 Å². The Kier molecular flexibility index (Phi) is 5.90. The molecular formula is C19H29ClN4O2. The molecule has 144 valence electrons. The van der Waals surface area contributed by atoms with E-state index in [1.807, 2.05) is 31.7 Å². The highest BCUT2D eigenvalue weighted by Crippen LogP contribution is 2.30. The lowest BCUT2D eigenvalue weighted by molar-refractivity contribution is 0.00243. The van der Waals surface area contributed by atoms with Crippen LogP contribution in [0.15, 0.2) is 12.1 Å². The van der Waals surface area contributed by atoms with Gasteiger partial charge in [0.2, 0.25) is 0 Å². The summed E-state index contributed by atoms with van der Waals surface area (Å²) in [6, 6.07) is 4.06. The van der Waals surface area contributed by atoms with E-state index >= 15 is 0 Å². The summed E-state index contributed by atoms with van der Waals surface area (Å²) in [5, 5.41) is 8.51. The quantitative estimate of drug-likeness (QED) is 0.783. The van der Waals surface area contributed by atoms with E-state index in [2.05, 4.69) is 15.1 Å². The molecule has 2 fully saturated rings. The summed E-state index contributed by atoms with van der Waals surface area (Å²) in [5.74, 6) is 0.810. The fourth-order valence-corrected chi connectivity index (χ4v) is 4.03. The van der Waals surface area contributed by atoms with Crippen molar-refractivity contribution >= 4 is 23.5 Å². The number of carbonyl (C=O) groups excluding carboxylic acids is 1. The van der Waals surface area contributed by atoms with Crippen LogP contribution in [0, 0.1) is 0 Å². The highest BCUT2D eigenvalue weighted by Gasteiger charge is 2.38. The minimum atomic E-state index is -0.482. The number of hydrogen-bond donors (Lipinski definition) is 0. The molecule has 1 aromatic heterocycles. The minimum absolute atomic E-state index is 0.144. The molecule has 2 aliphatic rings. The largest absolute Gasteiger partial charge is 0.444 e. The fourth-order valence-electron chi connectivity index (χ4n) is 3.92. The lowest BCUT2D eigenvalue weighted by Crippen LogP contribution is -2.50. The van der Waals surface area contributed by atoms with Crippen LogP contribution < -0.4 is 4.90 Å². The summed E-state index contributed by atoms with van der Waals surface area (Å²) >= 11 is 5.84. The first-order valence-corrected chi connectivity index (χ1v) is 9.97. The number of ether oxygens (including phenoxy) is 1. The van der Waals surface area contributed by atoms with Crippen LogP contribution in [0.5, 0.6) is 0 Å². The zero-order valence-electron chi connectivity index (χ0n) is 15.9. The number of aromatic nitrogens is 2. The third-order valence-electron chi connectivity index (χ3n) is 5.07. The summed E-state index contributed by atoms with van der Waals surface area (Å²) in [4.78, 5) is 17.2. The van der Waals surface area contributed by atoms with Crippen LogP contribution in [0.2, 0.25) is 5.15 Å². The molecule has 26 heavy (non-hydrogen) atoms. The molecule has 0 aromatic carbocycles. The summed E-state index contributed by atoms with van der Waals surface area (Å²) in [7, 11) is 0. The summed E-state index contributed by atoms with van der Waals surface area (Å²) < 4.78 is 5.75. The normalized spacial score (nSPS) is 21.7. The molecule has 0 radical (unpaired) electrons. The standard InChI is InChI=1S/C19H29ClN4O2/c1-19(2,3)26-18(25)24(14-7-5-4-6-8-14)15-11-12-23(13-15)17-10-9-16(20)21-22-17/h9-10,14-15H,4-8,11-13H2,1-3H3. The lowest BCUT2D eigenvalue weighted by Gasteiger charge is -2.39. The second-order valence-electron chi connectivity index (χ2n) is 8.28. The van der Waals surface area contributed by atoms with Crippen molar-refractivity contribution in [3.8, 4) is 0 Å². The van der Waals surface area contributed by atoms with Gasteiger partial charge in [-0.3, -0.25) is 0 Å². The van der Waals surface area contributed by atoms with E-state index in [0.29, 0.717) is 5.15 Å². The summed E-state index contributed by atoms with van der Waals surface area (Å²) in [6.45, 7) is 7.38. The molecule has 2 heterocycles. The Bertz CT molecular complexity index is 611. The van der Waals surface area contributed by atoms with E-state index < -0.39 is 5.60 Å². The Balaban J connectivity index is 1.74. The third-order valence-corrected chi connectivity index (χ3v) is 5.27. The van der Waals surface area contributed by atoms with Gasteiger partial charge in [-0.05, 0) is 52.2 Å². The summed E-state index contributed by atoms with van der Waals surface area (Å²) in [5.41, 5.74) is -0.482. The van der Waals surface area contributed by atoms with Crippen molar-refractivity contribution < 1.29 is 9.53 Å². The lowest BCUT2D eigenvalue weighted by atomic mass is 9.93. The SMILES string of the molecule is CC(C)(C)OC(=O)N(C1CCCCC1)C1CCN(c2ccc(Cl)nn2)C1. The zero-order valence-corrected chi connectivity index (χ0v) is 16.7. The predicted octanol–water partition coefficient (Wildman–Crippen LogP) is 4.28. The van der Waals surface area contributed by atoms with Gasteiger partial charge in [0.05, 0.1) is 6.04 Å². The molecular weight excluding hydrogens is 352 g/mol.